The number of carbonyl (C=O) groups is 2. The second-order valence-corrected chi connectivity index (χ2v) is 3.69. The second-order valence-electron chi connectivity index (χ2n) is 3.69. The van der Waals surface area contributed by atoms with Crippen LogP contribution < -0.4 is 21.9 Å². The lowest BCUT2D eigenvalue weighted by atomic mass is 10.2. The molecule has 0 radical (unpaired) electrons. The first kappa shape index (κ1) is 15.8. The van der Waals surface area contributed by atoms with E-state index in [1.165, 1.54) is 19.4 Å². The number of nitrogen functional groups attached to an aromatic ring is 1. The summed E-state index contributed by atoms with van der Waals surface area (Å²) < 4.78 is 18.5. The molecule has 110 valence electrons. The minimum Gasteiger partial charge on any atom is -0.383 e. The van der Waals surface area contributed by atoms with Crippen LogP contribution in [0.3, 0.4) is 0 Å². The lowest BCUT2D eigenvalue weighted by Crippen LogP contribution is -2.38. The molecular weight excluding hydrogens is 269 g/mol. The topological polar surface area (TPSA) is 118 Å². The zero-order valence-corrected chi connectivity index (χ0v) is 10.9. The molecule has 1 heterocycles. The largest absolute Gasteiger partial charge is 0.383 e. The van der Waals surface area contributed by atoms with Gasteiger partial charge in [0.2, 0.25) is 5.91 Å². The SMILES string of the molecule is COCCNC(=O)CNC(=O)c1ccnc(NN)c1F. The quantitative estimate of drug-likeness (QED) is 0.290. The van der Waals surface area contributed by atoms with Gasteiger partial charge < -0.3 is 20.8 Å². The average Bonchev–Trinajstić information content (AvgIpc) is 2.45. The Hall–Kier alpha value is -2.26. The monoisotopic (exact) mass is 285 g/mol. The number of rotatable bonds is 7. The van der Waals surface area contributed by atoms with Crippen LogP contribution in [0.4, 0.5) is 10.2 Å². The number of methoxy groups -OCH3 is 1. The summed E-state index contributed by atoms with van der Waals surface area (Å²) in [7, 11) is 1.50. The first-order chi connectivity index (χ1) is 9.60. The summed E-state index contributed by atoms with van der Waals surface area (Å²) in [5.74, 6) is 2.79. The molecule has 0 aromatic carbocycles. The summed E-state index contributed by atoms with van der Waals surface area (Å²) >= 11 is 0. The van der Waals surface area contributed by atoms with Gasteiger partial charge in [-0.05, 0) is 6.07 Å². The van der Waals surface area contributed by atoms with Gasteiger partial charge in [-0.2, -0.15) is 0 Å². The van der Waals surface area contributed by atoms with E-state index in [0.717, 1.165) is 0 Å². The Morgan fingerprint density at radius 1 is 1.45 bits per heavy atom. The Bertz CT molecular complexity index is 483. The van der Waals surface area contributed by atoms with E-state index in [4.69, 9.17) is 10.6 Å². The maximum absolute atomic E-state index is 13.7. The van der Waals surface area contributed by atoms with Crippen LogP contribution in [0.2, 0.25) is 0 Å². The first-order valence-corrected chi connectivity index (χ1v) is 5.75. The van der Waals surface area contributed by atoms with Gasteiger partial charge in [0.05, 0.1) is 18.7 Å². The van der Waals surface area contributed by atoms with E-state index >= 15 is 0 Å². The van der Waals surface area contributed by atoms with Gasteiger partial charge in [0, 0.05) is 19.9 Å². The van der Waals surface area contributed by atoms with E-state index < -0.39 is 17.6 Å². The zero-order valence-electron chi connectivity index (χ0n) is 10.9. The van der Waals surface area contributed by atoms with E-state index in [-0.39, 0.29) is 17.9 Å². The molecule has 0 unspecified atom stereocenters. The van der Waals surface area contributed by atoms with Crippen molar-refractivity contribution in [1.82, 2.24) is 15.6 Å². The molecule has 1 rings (SSSR count). The van der Waals surface area contributed by atoms with Crippen molar-refractivity contribution in [3.8, 4) is 0 Å². The number of nitrogens with two attached hydrogens (primary N) is 1. The number of hydrogen-bond acceptors (Lipinski definition) is 6. The number of halogens is 1. The first-order valence-electron chi connectivity index (χ1n) is 5.75. The van der Waals surface area contributed by atoms with Crippen LogP contribution in [0.1, 0.15) is 10.4 Å². The molecule has 0 aliphatic heterocycles. The van der Waals surface area contributed by atoms with Crippen molar-refractivity contribution < 1.29 is 18.7 Å². The number of nitrogens with zero attached hydrogens (tertiary/aromatic N) is 1. The molecule has 8 nitrogen and oxygen atoms in total. The number of nitrogens with one attached hydrogen (secondary N) is 3. The smallest absolute Gasteiger partial charge is 0.254 e. The minimum absolute atomic E-state index is 0.248. The van der Waals surface area contributed by atoms with Gasteiger partial charge in [-0.15, -0.1) is 0 Å². The number of amides is 2. The number of anilines is 1. The van der Waals surface area contributed by atoms with Crippen LogP contribution >= 0.6 is 0 Å². The Balaban J connectivity index is 2.53. The molecule has 5 N–H and O–H groups in total. The van der Waals surface area contributed by atoms with Crippen LogP contribution in [0.25, 0.3) is 0 Å². The van der Waals surface area contributed by atoms with Crippen molar-refractivity contribution >= 4 is 17.6 Å². The number of pyridine rings is 1. The van der Waals surface area contributed by atoms with Crippen LogP contribution in [0, 0.1) is 5.82 Å². The molecule has 1 aromatic heterocycles. The molecule has 20 heavy (non-hydrogen) atoms. The predicted molar refractivity (Wildman–Crippen MR) is 69.2 cm³/mol. The summed E-state index contributed by atoms with van der Waals surface area (Å²) in [6.07, 6.45) is 1.23. The van der Waals surface area contributed by atoms with Crippen LogP contribution in [0.15, 0.2) is 12.3 Å². The maximum atomic E-state index is 13.7. The van der Waals surface area contributed by atoms with Crippen molar-refractivity contribution in [3.63, 3.8) is 0 Å². The molecule has 1 aromatic rings. The van der Waals surface area contributed by atoms with Crippen LogP contribution in [0.5, 0.6) is 0 Å². The molecule has 0 saturated carbocycles. The van der Waals surface area contributed by atoms with Gasteiger partial charge in [-0.1, -0.05) is 0 Å². The van der Waals surface area contributed by atoms with Crippen molar-refractivity contribution in [2.24, 2.45) is 5.84 Å². The van der Waals surface area contributed by atoms with Crippen molar-refractivity contribution in [2.45, 2.75) is 0 Å². The molecule has 0 atom stereocenters. The third-order valence-corrected chi connectivity index (χ3v) is 2.31. The fourth-order valence-corrected chi connectivity index (χ4v) is 1.33. The second kappa shape index (κ2) is 8.02. The summed E-state index contributed by atoms with van der Waals surface area (Å²) in [4.78, 5) is 26.7. The standard InChI is InChI=1S/C11H16FN5O3/c1-20-5-4-14-8(18)6-16-11(19)7-2-3-15-10(17-13)9(7)12/h2-3H,4-6,13H2,1H3,(H,14,18)(H,15,17)(H,16,19). The highest BCUT2D eigenvalue weighted by Gasteiger charge is 2.16. The van der Waals surface area contributed by atoms with E-state index in [2.05, 4.69) is 15.6 Å². The average molecular weight is 285 g/mol. The van der Waals surface area contributed by atoms with Gasteiger partial charge in [-0.25, -0.2) is 15.2 Å². The summed E-state index contributed by atoms with van der Waals surface area (Å²) in [5, 5.41) is 4.80. The third-order valence-electron chi connectivity index (χ3n) is 2.31. The Morgan fingerprint density at radius 2 is 2.20 bits per heavy atom. The highest BCUT2D eigenvalue weighted by Crippen LogP contribution is 2.13. The molecule has 0 fully saturated rings. The zero-order chi connectivity index (χ0) is 15.0. The van der Waals surface area contributed by atoms with Gasteiger partial charge >= 0.3 is 0 Å². The molecule has 0 spiro atoms. The normalized spacial score (nSPS) is 9.95. The molecule has 0 bridgehead atoms. The van der Waals surface area contributed by atoms with Crippen LogP contribution in [-0.4, -0.2) is 43.6 Å². The highest BCUT2D eigenvalue weighted by molar-refractivity contribution is 5.97. The fourth-order valence-electron chi connectivity index (χ4n) is 1.33. The van der Waals surface area contributed by atoms with Crippen molar-refractivity contribution in [2.75, 3.05) is 32.2 Å². The van der Waals surface area contributed by atoms with E-state index in [0.29, 0.717) is 13.2 Å². The summed E-state index contributed by atoms with van der Waals surface area (Å²) in [6.45, 7) is 0.427. The van der Waals surface area contributed by atoms with Gasteiger partial charge in [0.25, 0.3) is 5.91 Å². The van der Waals surface area contributed by atoms with Gasteiger partial charge in [0.1, 0.15) is 0 Å². The van der Waals surface area contributed by atoms with Gasteiger partial charge in [-0.3, -0.25) is 9.59 Å². The number of hydrazine groups is 1. The predicted octanol–water partition coefficient (Wildman–Crippen LogP) is -1.00. The molecule has 0 saturated heterocycles. The lowest BCUT2D eigenvalue weighted by Gasteiger charge is -2.08. The number of carbonyl (C=O) groups excluding carboxylic acids is 2. The van der Waals surface area contributed by atoms with Crippen molar-refractivity contribution in [1.29, 1.82) is 0 Å². The highest BCUT2D eigenvalue weighted by atomic mass is 19.1. The number of hydrogen-bond donors (Lipinski definition) is 4. The minimum atomic E-state index is -0.882. The van der Waals surface area contributed by atoms with E-state index in [1.54, 1.807) is 0 Å². The van der Waals surface area contributed by atoms with Gasteiger partial charge in [0.15, 0.2) is 11.6 Å². The van der Waals surface area contributed by atoms with E-state index in [9.17, 15) is 14.0 Å². The summed E-state index contributed by atoms with van der Waals surface area (Å²) in [6, 6.07) is 1.19. The molecule has 0 aliphatic carbocycles. The Morgan fingerprint density at radius 3 is 2.85 bits per heavy atom. The van der Waals surface area contributed by atoms with Crippen molar-refractivity contribution in [3.05, 3.63) is 23.6 Å². The Kier molecular flexibility index (Phi) is 6.33. The number of ether oxygens (including phenoxy) is 1. The maximum Gasteiger partial charge on any atom is 0.254 e. The molecule has 9 heteroatoms. The lowest BCUT2D eigenvalue weighted by molar-refractivity contribution is -0.120. The van der Waals surface area contributed by atoms with E-state index in [1.807, 2.05) is 5.43 Å². The molecule has 0 aliphatic rings. The molecule has 2 amide bonds. The molecular formula is C11H16FN5O3. The fraction of sp³-hybridized carbons (Fsp3) is 0.364. The Labute approximate surface area is 114 Å². The summed E-state index contributed by atoms with van der Waals surface area (Å²) in [5.41, 5.74) is 1.78. The van der Waals surface area contributed by atoms with Crippen LogP contribution in [-0.2, 0) is 9.53 Å². The third kappa shape index (κ3) is 4.44. The number of aromatic nitrogens is 1.